The van der Waals surface area contributed by atoms with E-state index in [4.69, 9.17) is 16.0 Å². The smallest absolute Gasteiger partial charge is 0.227 e. The number of aryl methyl sites for hydroxylation is 2. The van der Waals surface area contributed by atoms with E-state index in [1.54, 1.807) is 18.3 Å². The summed E-state index contributed by atoms with van der Waals surface area (Å²) in [5.74, 6) is 1.63. The number of halogens is 1. The molecule has 0 spiro atoms. The van der Waals surface area contributed by atoms with Gasteiger partial charge in [0.15, 0.2) is 11.7 Å². The molecule has 1 amide bonds. The second-order valence-corrected chi connectivity index (χ2v) is 7.19. The first-order valence-electron chi connectivity index (χ1n) is 9.60. The summed E-state index contributed by atoms with van der Waals surface area (Å²) >= 11 is 5.91. The van der Waals surface area contributed by atoms with Crippen LogP contribution in [0.2, 0.25) is 5.02 Å². The van der Waals surface area contributed by atoms with Crippen LogP contribution in [-0.2, 0) is 17.8 Å². The number of carbonyl (C=O) groups is 1. The summed E-state index contributed by atoms with van der Waals surface area (Å²) in [4.78, 5) is 21.3. The standard InChI is InChI=1S/C22H21ClN4O2/c1-2-13-27-18-6-4-3-5-17(18)25-22(27)26-20(28)11-12-21-24-14-19(29-21)15-7-9-16(23)10-8-15/h3-10,14H,2,11-13H2,1H3,(H,25,26,28). The molecule has 0 aliphatic carbocycles. The first-order valence-corrected chi connectivity index (χ1v) is 9.97. The van der Waals surface area contributed by atoms with E-state index < -0.39 is 0 Å². The predicted molar refractivity (Wildman–Crippen MR) is 114 cm³/mol. The fraction of sp³-hybridized carbons (Fsp3) is 0.227. The lowest BCUT2D eigenvalue weighted by Crippen LogP contribution is -2.16. The molecule has 2 heterocycles. The van der Waals surface area contributed by atoms with Crippen molar-refractivity contribution < 1.29 is 9.21 Å². The molecule has 4 aromatic rings. The van der Waals surface area contributed by atoms with Crippen molar-refractivity contribution in [1.29, 1.82) is 0 Å². The third-order valence-corrected chi connectivity index (χ3v) is 4.85. The summed E-state index contributed by atoms with van der Waals surface area (Å²) < 4.78 is 7.80. The Kier molecular flexibility index (Phi) is 5.62. The van der Waals surface area contributed by atoms with Crippen LogP contribution in [0.25, 0.3) is 22.4 Å². The van der Waals surface area contributed by atoms with Gasteiger partial charge in [-0.25, -0.2) is 9.97 Å². The molecule has 2 aromatic heterocycles. The second-order valence-electron chi connectivity index (χ2n) is 6.75. The maximum atomic E-state index is 12.5. The van der Waals surface area contributed by atoms with Crippen molar-refractivity contribution in [2.45, 2.75) is 32.7 Å². The van der Waals surface area contributed by atoms with Crippen LogP contribution in [0.3, 0.4) is 0 Å². The van der Waals surface area contributed by atoms with Gasteiger partial charge in [0, 0.05) is 30.0 Å². The van der Waals surface area contributed by atoms with E-state index in [-0.39, 0.29) is 12.3 Å². The van der Waals surface area contributed by atoms with Crippen molar-refractivity contribution in [1.82, 2.24) is 14.5 Å². The summed E-state index contributed by atoms with van der Waals surface area (Å²) in [6.07, 6.45) is 3.29. The maximum absolute atomic E-state index is 12.5. The van der Waals surface area contributed by atoms with Gasteiger partial charge in [-0.3, -0.25) is 10.1 Å². The zero-order valence-electron chi connectivity index (χ0n) is 16.1. The number of para-hydroxylation sites is 2. The molecule has 0 saturated heterocycles. The summed E-state index contributed by atoms with van der Waals surface area (Å²) in [5, 5.41) is 3.59. The number of hydrogen-bond donors (Lipinski definition) is 1. The monoisotopic (exact) mass is 408 g/mol. The van der Waals surface area contributed by atoms with Crippen LogP contribution in [0.1, 0.15) is 25.7 Å². The van der Waals surface area contributed by atoms with E-state index in [0.29, 0.717) is 29.0 Å². The van der Waals surface area contributed by atoms with Crippen molar-refractivity contribution in [3.05, 3.63) is 65.6 Å². The highest BCUT2D eigenvalue weighted by atomic mass is 35.5. The van der Waals surface area contributed by atoms with Gasteiger partial charge < -0.3 is 8.98 Å². The average molecular weight is 409 g/mol. The highest BCUT2D eigenvalue weighted by Gasteiger charge is 2.14. The van der Waals surface area contributed by atoms with Crippen LogP contribution in [0.5, 0.6) is 0 Å². The van der Waals surface area contributed by atoms with E-state index >= 15 is 0 Å². The molecule has 7 heteroatoms. The number of oxazole rings is 1. The van der Waals surface area contributed by atoms with Crippen molar-refractivity contribution in [2.24, 2.45) is 0 Å². The molecule has 148 valence electrons. The van der Waals surface area contributed by atoms with Gasteiger partial charge in [0.05, 0.1) is 17.2 Å². The van der Waals surface area contributed by atoms with Crippen LogP contribution in [0.4, 0.5) is 5.95 Å². The fourth-order valence-corrected chi connectivity index (χ4v) is 3.33. The molecule has 4 rings (SSSR count). The van der Waals surface area contributed by atoms with Crippen LogP contribution in [0, 0.1) is 0 Å². The molecule has 29 heavy (non-hydrogen) atoms. The lowest BCUT2D eigenvalue weighted by atomic mass is 10.2. The second kappa shape index (κ2) is 8.49. The normalized spacial score (nSPS) is 11.1. The number of imidazole rings is 1. The van der Waals surface area contributed by atoms with Gasteiger partial charge in [-0.2, -0.15) is 0 Å². The van der Waals surface area contributed by atoms with Gasteiger partial charge in [-0.1, -0.05) is 30.7 Å². The highest BCUT2D eigenvalue weighted by molar-refractivity contribution is 6.30. The Hall–Kier alpha value is -3.12. The number of hydrogen-bond acceptors (Lipinski definition) is 4. The minimum Gasteiger partial charge on any atom is -0.441 e. The zero-order valence-corrected chi connectivity index (χ0v) is 16.8. The van der Waals surface area contributed by atoms with E-state index in [2.05, 4.69) is 22.2 Å². The maximum Gasteiger partial charge on any atom is 0.227 e. The predicted octanol–water partition coefficient (Wildman–Crippen LogP) is 5.33. The van der Waals surface area contributed by atoms with E-state index in [0.717, 1.165) is 29.6 Å². The lowest BCUT2D eigenvalue weighted by Gasteiger charge is -2.08. The molecule has 0 radical (unpaired) electrons. The molecule has 0 atom stereocenters. The average Bonchev–Trinajstić information content (AvgIpc) is 3.33. The number of nitrogens with one attached hydrogen (secondary N) is 1. The Morgan fingerprint density at radius 1 is 1.17 bits per heavy atom. The number of aromatic nitrogens is 3. The van der Waals surface area contributed by atoms with Gasteiger partial charge in [0.2, 0.25) is 11.9 Å². The van der Waals surface area contributed by atoms with E-state index in [9.17, 15) is 4.79 Å². The molecular weight excluding hydrogens is 388 g/mol. The topological polar surface area (TPSA) is 73.0 Å². The minimum absolute atomic E-state index is 0.121. The number of carbonyl (C=O) groups excluding carboxylic acids is 1. The fourth-order valence-electron chi connectivity index (χ4n) is 3.20. The van der Waals surface area contributed by atoms with E-state index in [1.165, 1.54) is 0 Å². The lowest BCUT2D eigenvalue weighted by molar-refractivity contribution is -0.116. The van der Waals surface area contributed by atoms with Crippen molar-refractivity contribution in [3.63, 3.8) is 0 Å². The molecule has 0 saturated carbocycles. The number of fused-ring (bicyclic) bond motifs is 1. The summed E-state index contributed by atoms with van der Waals surface area (Å²) in [7, 11) is 0. The summed E-state index contributed by atoms with van der Waals surface area (Å²) in [6, 6.07) is 15.2. The Bertz CT molecular complexity index is 1130. The molecule has 0 bridgehead atoms. The number of benzene rings is 2. The number of rotatable bonds is 7. The molecule has 0 unspecified atom stereocenters. The Morgan fingerprint density at radius 3 is 2.76 bits per heavy atom. The number of nitrogens with zero attached hydrogens (tertiary/aromatic N) is 3. The van der Waals surface area contributed by atoms with Gasteiger partial charge in [0.1, 0.15) is 0 Å². The molecule has 0 aliphatic rings. The molecule has 6 nitrogen and oxygen atoms in total. The van der Waals surface area contributed by atoms with Crippen molar-refractivity contribution in [3.8, 4) is 11.3 Å². The molecule has 1 N–H and O–H groups in total. The minimum atomic E-state index is -0.121. The van der Waals surface area contributed by atoms with Crippen molar-refractivity contribution >= 4 is 34.5 Å². The SMILES string of the molecule is CCCn1c(NC(=O)CCc2ncc(-c3ccc(Cl)cc3)o2)nc2ccccc21. The Balaban J connectivity index is 1.41. The Morgan fingerprint density at radius 2 is 1.97 bits per heavy atom. The van der Waals surface area contributed by atoms with Crippen molar-refractivity contribution in [2.75, 3.05) is 5.32 Å². The zero-order chi connectivity index (χ0) is 20.2. The van der Waals surface area contributed by atoms with Gasteiger partial charge in [-0.05, 0) is 42.8 Å². The first-order chi connectivity index (χ1) is 14.1. The molecular formula is C22H21ClN4O2. The van der Waals surface area contributed by atoms with Crippen LogP contribution >= 0.6 is 11.6 Å². The number of amides is 1. The third-order valence-electron chi connectivity index (χ3n) is 4.60. The number of anilines is 1. The van der Waals surface area contributed by atoms with Gasteiger partial charge in [0.25, 0.3) is 0 Å². The Labute approximate surface area is 173 Å². The highest BCUT2D eigenvalue weighted by Crippen LogP contribution is 2.23. The largest absolute Gasteiger partial charge is 0.441 e. The summed E-state index contributed by atoms with van der Waals surface area (Å²) in [5.41, 5.74) is 2.78. The first kappa shape index (κ1) is 19.2. The van der Waals surface area contributed by atoms with E-state index in [1.807, 2.05) is 41.0 Å². The van der Waals surface area contributed by atoms with Gasteiger partial charge in [-0.15, -0.1) is 0 Å². The van der Waals surface area contributed by atoms with Crippen LogP contribution in [0.15, 0.2) is 59.1 Å². The van der Waals surface area contributed by atoms with Crippen LogP contribution < -0.4 is 5.32 Å². The van der Waals surface area contributed by atoms with Crippen LogP contribution in [-0.4, -0.2) is 20.4 Å². The van der Waals surface area contributed by atoms with Gasteiger partial charge >= 0.3 is 0 Å². The molecule has 0 aliphatic heterocycles. The quantitative estimate of drug-likeness (QED) is 0.448. The molecule has 2 aromatic carbocycles. The third kappa shape index (κ3) is 4.32. The molecule has 0 fully saturated rings. The summed E-state index contributed by atoms with van der Waals surface area (Å²) in [6.45, 7) is 2.89.